The van der Waals surface area contributed by atoms with Crippen LogP contribution in [0.5, 0.6) is 0 Å². The minimum Gasteiger partial charge on any atom is -0.331 e. The Bertz CT molecular complexity index is 241. The van der Waals surface area contributed by atoms with Gasteiger partial charge in [-0.1, -0.05) is 0 Å². The molecule has 67 valence electrons. The Balaban J connectivity index is 3.90. The first-order valence-electron chi connectivity index (χ1n) is 4.03. The fourth-order valence-electron chi connectivity index (χ4n) is 0.767. The number of terminal acetylenes is 2. The van der Waals surface area contributed by atoms with Gasteiger partial charge in [-0.3, -0.25) is 0 Å². The third kappa shape index (κ3) is 6.82. The van der Waals surface area contributed by atoms with Crippen molar-refractivity contribution in [3.05, 3.63) is 0 Å². The molecule has 0 aliphatic rings. The maximum atomic E-state index is 10.1. The van der Waals surface area contributed by atoms with Crippen molar-refractivity contribution in [2.45, 2.75) is 12.8 Å². The molecule has 0 aromatic carbocycles. The fourth-order valence-corrected chi connectivity index (χ4v) is 0.767. The van der Waals surface area contributed by atoms with Gasteiger partial charge in [0.15, 0.2) is 0 Å². The highest BCUT2D eigenvalue weighted by Crippen LogP contribution is 1.90. The van der Waals surface area contributed by atoms with E-state index in [1.54, 1.807) is 4.90 Å². The summed E-state index contributed by atoms with van der Waals surface area (Å²) in [5.41, 5.74) is 0. The van der Waals surface area contributed by atoms with Crippen LogP contribution in [0.3, 0.4) is 0 Å². The van der Waals surface area contributed by atoms with E-state index >= 15 is 0 Å². The Labute approximate surface area is 79.9 Å². The molecule has 0 aliphatic heterocycles. The van der Waals surface area contributed by atoms with Gasteiger partial charge in [-0.2, -0.15) is 0 Å². The van der Waals surface area contributed by atoms with Crippen molar-refractivity contribution in [3.8, 4) is 36.7 Å². The summed E-state index contributed by atoms with van der Waals surface area (Å²) in [6.45, 7) is 0.957. The summed E-state index contributed by atoms with van der Waals surface area (Å²) in [5, 5.41) is 10.1. The Morgan fingerprint density at radius 2 is 1.62 bits per heavy atom. The highest BCUT2D eigenvalue weighted by molar-refractivity contribution is 5.00. The van der Waals surface area contributed by atoms with Crippen molar-refractivity contribution in [3.63, 3.8) is 0 Å². The van der Waals surface area contributed by atoms with E-state index in [2.05, 4.69) is 23.8 Å². The van der Waals surface area contributed by atoms with E-state index in [-0.39, 0.29) is 6.61 Å². The Morgan fingerprint density at radius 3 is 2.00 bits per heavy atom. The van der Waals surface area contributed by atoms with Gasteiger partial charge >= 0.3 is 0 Å². The summed E-state index contributed by atoms with van der Waals surface area (Å²) in [4.78, 5) is 1.79. The molecule has 0 saturated heterocycles. The average Bonchev–Trinajstić information content (AvgIpc) is 2.17. The maximum absolute atomic E-state index is 10.1. The summed E-state index contributed by atoms with van der Waals surface area (Å²) in [5.74, 6) is 7.47. The van der Waals surface area contributed by atoms with Crippen LogP contribution in [0.2, 0.25) is 0 Å². The zero-order chi connectivity index (χ0) is 9.94. The molecule has 0 amide bonds. The van der Waals surface area contributed by atoms with Gasteiger partial charge in [0.1, 0.15) is 6.61 Å². The van der Waals surface area contributed by atoms with Gasteiger partial charge in [-0.15, -0.1) is 24.7 Å². The van der Waals surface area contributed by atoms with E-state index in [1.165, 1.54) is 0 Å². The number of hydrogen-bond donors (Lipinski definition) is 0. The van der Waals surface area contributed by atoms with Crippen LogP contribution < -0.4 is 0 Å². The third-order valence-electron chi connectivity index (χ3n) is 1.36. The summed E-state index contributed by atoms with van der Waals surface area (Å²) in [6.07, 6.45) is 11.5. The van der Waals surface area contributed by atoms with Crippen LogP contribution in [0.4, 0.5) is 0 Å². The van der Waals surface area contributed by atoms with Crippen LogP contribution >= 0.6 is 0 Å². The van der Waals surface area contributed by atoms with E-state index in [4.69, 9.17) is 12.8 Å². The van der Waals surface area contributed by atoms with Gasteiger partial charge in [0, 0.05) is 32.0 Å². The molecule has 0 saturated carbocycles. The lowest BCUT2D eigenvalue weighted by Crippen LogP contribution is -2.20. The van der Waals surface area contributed by atoms with Gasteiger partial charge in [0.2, 0.25) is 0 Å². The van der Waals surface area contributed by atoms with Crippen LogP contribution in [0.1, 0.15) is 12.8 Å². The van der Waals surface area contributed by atoms with Crippen molar-refractivity contribution in [2.24, 2.45) is 0 Å². The Morgan fingerprint density at radius 1 is 1.08 bits per heavy atom. The molecule has 0 unspecified atom stereocenters. The standard InChI is InChI=1S/C11H12NO/c1-3-5-8-12(9-6-4-2)10-7-11-13/h1-2H,5-6,8-9,11H2. The topological polar surface area (TPSA) is 23.1 Å². The second kappa shape index (κ2) is 8.54. The number of nitrogens with zero attached hydrogens (tertiary/aromatic N) is 1. The van der Waals surface area contributed by atoms with Crippen LogP contribution in [0.25, 0.3) is 0 Å². The number of rotatable bonds is 4. The van der Waals surface area contributed by atoms with E-state index < -0.39 is 0 Å². The second-order valence-corrected chi connectivity index (χ2v) is 2.33. The maximum Gasteiger partial charge on any atom is 0.145 e. The lowest BCUT2D eigenvalue weighted by atomic mass is 10.3. The molecular weight excluding hydrogens is 162 g/mol. The molecule has 0 fully saturated rings. The lowest BCUT2D eigenvalue weighted by molar-refractivity contribution is 0.238. The van der Waals surface area contributed by atoms with E-state index in [1.807, 2.05) is 0 Å². The second-order valence-electron chi connectivity index (χ2n) is 2.33. The van der Waals surface area contributed by atoms with Crippen LogP contribution in [0.15, 0.2) is 0 Å². The average molecular weight is 174 g/mol. The van der Waals surface area contributed by atoms with E-state index in [0.29, 0.717) is 25.9 Å². The molecule has 0 atom stereocenters. The Kier molecular flexibility index (Phi) is 7.51. The van der Waals surface area contributed by atoms with Gasteiger partial charge in [-0.25, -0.2) is 5.11 Å². The monoisotopic (exact) mass is 174 g/mol. The van der Waals surface area contributed by atoms with Crippen LogP contribution in [-0.4, -0.2) is 24.6 Å². The highest BCUT2D eigenvalue weighted by Gasteiger charge is 1.95. The van der Waals surface area contributed by atoms with Gasteiger partial charge < -0.3 is 4.90 Å². The summed E-state index contributed by atoms with van der Waals surface area (Å²) in [7, 11) is 0. The zero-order valence-corrected chi connectivity index (χ0v) is 7.55. The molecule has 0 aliphatic carbocycles. The SMILES string of the molecule is C#CCCN(C#CC[O])CCC#C. The largest absolute Gasteiger partial charge is 0.331 e. The van der Waals surface area contributed by atoms with Gasteiger partial charge in [-0.05, 0) is 5.92 Å². The molecule has 0 rings (SSSR count). The molecular formula is C11H12NO. The van der Waals surface area contributed by atoms with Crippen molar-refractivity contribution < 1.29 is 5.11 Å². The van der Waals surface area contributed by atoms with Crippen LogP contribution in [0, 0.1) is 36.7 Å². The Hall–Kier alpha value is -1.56. The first-order chi connectivity index (χ1) is 6.35. The van der Waals surface area contributed by atoms with Crippen molar-refractivity contribution in [1.29, 1.82) is 0 Å². The summed E-state index contributed by atoms with van der Waals surface area (Å²) in [6, 6.07) is 2.72. The molecule has 0 aromatic heterocycles. The number of hydrogen-bond acceptors (Lipinski definition) is 1. The first kappa shape index (κ1) is 11.4. The zero-order valence-electron chi connectivity index (χ0n) is 7.55. The van der Waals surface area contributed by atoms with Crippen molar-refractivity contribution >= 4 is 0 Å². The molecule has 2 nitrogen and oxygen atoms in total. The summed E-state index contributed by atoms with van der Waals surface area (Å²) < 4.78 is 0. The highest BCUT2D eigenvalue weighted by atomic mass is 16.2. The van der Waals surface area contributed by atoms with Crippen molar-refractivity contribution in [1.82, 2.24) is 4.90 Å². The molecule has 0 heterocycles. The molecule has 2 heteroatoms. The molecule has 0 N–H and O–H groups in total. The predicted octanol–water partition coefficient (Wildman–Crippen LogP) is 0.726. The normalized spacial score (nSPS) is 7.62. The third-order valence-corrected chi connectivity index (χ3v) is 1.36. The quantitative estimate of drug-likeness (QED) is 0.455. The van der Waals surface area contributed by atoms with Gasteiger partial charge in [0.25, 0.3) is 0 Å². The molecule has 13 heavy (non-hydrogen) atoms. The predicted molar refractivity (Wildman–Crippen MR) is 51.8 cm³/mol. The summed E-state index contributed by atoms with van der Waals surface area (Å²) >= 11 is 0. The van der Waals surface area contributed by atoms with Crippen molar-refractivity contribution in [2.75, 3.05) is 19.7 Å². The molecule has 0 spiro atoms. The molecule has 0 bridgehead atoms. The first-order valence-corrected chi connectivity index (χ1v) is 4.03. The van der Waals surface area contributed by atoms with E-state index in [0.717, 1.165) is 0 Å². The minimum atomic E-state index is -0.386. The molecule has 1 radical (unpaired) electrons. The minimum absolute atomic E-state index is 0.386. The smallest absolute Gasteiger partial charge is 0.145 e. The van der Waals surface area contributed by atoms with Gasteiger partial charge in [0.05, 0.1) is 0 Å². The van der Waals surface area contributed by atoms with E-state index in [9.17, 15) is 5.11 Å². The fraction of sp³-hybridized carbons (Fsp3) is 0.455. The molecule has 0 aromatic rings. The lowest BCUT2D eigenvalue weighted by Gasteiger charge is -2.13. The van der Waals surface area contributed by atoms with Crippen LogP contribution in [-0.2, 0) is 5.11 Å².